The van der Waals surface area contributed by atoms with Crippen LogP contribution in [0.15, 0.2) is 18.2 Å². The number of benzene rings is 1. The number of hydrogen-bond donors (Lipinski definition) is 1. The molecule has 1 aromatic carbocycles. The van der Waals surface area contributed by atoms with Crippen LogP contribution >= 0.6 is 23.2 Å². The highest BCUT2D eigenvalue weighted by Crippen LogP contribution is 2.29. The van der Waals surface area contributed by atoms with Gasteiger partial charge in [-0.3, -0.25) is 9.59 Å². The lowest BCUT2D eigenvalue weighted by atomic mass is 9.85. The summed E-state index contributed by atoms with van der Waals surface area (Å²) in [6, 6.07) is 4.98. The molecule has 114 valence electrons. The van der Waals surface area contributed by atoms with Crippen molar-refractivity contribution >= 4 is 40.7 Å². The van der Waals surface area contributed by atoms with E-state index in [1.807, 2.05) is 0 Å². The summed E-state index contributed by atoms with van der Waals surface area (Å²) < 4.78 is 0. The topological polar surface area (TPSA) is 49.4 Å². The maximum atomic E-state index is 11.8. The lowest BCUT2D eigenvalue weighted by Gasteiger charge is -2.26. The number of carbonyl (C=O) groups is 2. The van der Waals surface area contributed by atoms with Crippen molar-refractivity contribution in [2.75, 3.05) is 18.0 Å². The number of nitrogens with zero attached hydrogens (tertiary/aromatic N) is 1. The number of rotatable bonds is 5. The van der Waals surface area contributed by atoms with Gasteiger partial charge in [0.05, 0.1) is 10.7 Å². The Balaban J connectivity index is 1.97. The van der Waals surface area contributed by atoms with Crippen molar-refractivity contribution in [1.82, 2.24) is 5.32 Å². The maximum absolute atomic E-state index is 11.8. The van der Waals surface area contributed by atoms with E-state index >= 15 is 0 Å². The fourth-order valence-corrected chi connectivity index (χ4v) is 2.63. The Morgan fingerprint density at radius 1 is 1.33 bits per heavy atom. The van der Waals surface area contributed by atoms with Crippen LogP contribution in [-0.4, -0.2) is 24.9 Å². The van der Waals surface area contributed by atoms with Gasteiger partial charge in [0.1, 0.15) is 0 Å². The summed E-state index contributed by atoms with van der Waals surface area (Å²) in [5.74, 6) is 0.0736. The van der Waals surface area contributed by atoms with Gasteiger partial charge < -0.3 is 10.2 Å². The monoisotopic (exact) mass is 328 g/mol. The number of hydrogen-bond acceptors (Lipinski definition) is 2. The number of anilines is 1. The maximum Gasteiger partial charge on any atom is 0.223 e. The van der Waals surface area contributed by atoms with E-state index in [0.29, 0.717) is 28.8 Å². The third-order valence-corrected chi connectivity index (χ3v) is 4.24. The van der Waals surface area contributed by atoms with Crippen LogP contribution in [0, 0.1) is 5.92 Å². The van der Waals surface area contributed by atoms with Gasteiger partial charge >= 0.3 is 0 Å². The SMILES string of the molecule is CC(=O)N(CCNC(=O)C1CCC1)c1cc(Cl)ccc1Cl. The van der Waals surface area contributed by atoms with Gasteiger partial charge in [0.25, 0.3) is 0 Å². The van der Waals surface area contributed by atoms with Gasteiger partial charge in [-0.1, -0.05) is 29.6 Å². The van der Waals surface area contributed by atoms with Gasteiger partial charge in [0.2, 0.25) is 11.8 Å². The summed E-state index contributed by atoms with van der Waals surface area (Å²) in [7, 11) is 0. The van der Waals surface area contributed by atoms with E-state index < -0.39 is 0 Å². The van der Waals surface area contributed by atoms with Crippen molar-refractivity contribution in [1.29, 1.82) is 0 Å². The van der Waals surface area contributed by atoms with Crippen molar-refractivity contribution in [3.63, 3.8) is 0 Å². The van der Waals surface area contributed by atoms with Gasteiger partial charge in [0, 0.05) is 31.0 Å². The zero-order valence-corrected chi connectivity index (χ0v) is 13.4. The molecular formula is C15H18Cl2N2O2. The predicted molar refractivity (Wildman–Crippen MR) is 84.8 cm³/mol. The molecule has 1 aliphatic carbocycles. The largest absolute Gasteiger partial charge is 0.354 e. The Bertz CT molecular complexity index is 544. The average molecular weight is 329 g/mol. The van der Waals surface area contributed by atoms with Crippen LogP contribution in [0.25, 0.3) is 0 Å². The van der Waals surface area contributed by atoms with E-state index in [4.69, 9.17) is 23.2 Å². The quantitative estimate of drug-likeness (QED) is 0.901. The van der Waals surface area contributed by atoms with Gasteiger partial charge in [-0.05, 0) is 31.0 Å². The molecule has 1 N–H and O–H groups in total. The smallest absolute Gasteiger partial charge is 0.223 e. The lowest BCUT2D eigenvalue weighted by molar-refractivity contribution is -0.127. The van der Waals surface area contributed by atoms with Crippen LogP contribution in [0.4, 0.5) is 5.69 Å². The summed E-state index contributed by atoms with van der Waals surface area (Å²) >= 11 is 12.1. The van der Waals surface area contributed by atoms with E-state index in [2.05, 4.69) is 5.32 Å². The molecule has 2 rings (SSSR count). The van der Waals surface area contributed by atoms with E-state index in [0.717, 1.165) is 19.3 Å². The highest BCUT2D eigenvalue weighted by Gasteiger charge is 2.25. The van der Waals surface area contributed by atoms with E-state index in [1.54, 1.807) is 18.2 Å². The first kappa shape index (κ1) is 16.1. The van der Waals surface area contributed by atoms with E-state index in [-0.39, 0.29) is 17.7 Å². The number of nitrogens with one attached hydrogen (secondary N) is 1. The van der Waals surface area contributed by atoms with Crippen molar-refractivity contribution in [2.45, 2.75) is 26.2 Å². The molecular weight excluding hydrogens is 311 g/mol. The van der Waals surface area contributed by atoms with Crippen LogP contribution in [0.3, 0.4) is 0 Å². The van der Waals surface area contributed by atoms with E-state index in [9.17, 15) is 9.59 Å². The molecule has 0 spiro atoms. The Morgan fingerprint density at radius 3 is 2.62 bits per heavy atom. The standard InChI is InChI=1S/C15H18Cl2N2O2/c1-10(20)19(14-9-12(16)5-6-13(14)17)8-7-18-15(21)11-3-2-4-11/h5-6,9,11H,2-4,7-8H2,1H3,(H,18,21). The first-order valence-electron chi connectivity index (χ1n) is 7.00. The van der Waals surface area contributed by atoms with Crippen LogP contribution in [0.2, 0.25) is 10.0 Å². The summed E-state index contributed by atoms with van der Waals surface area (Å²) in [4.78, 5) is 25.1. The minimum absolute atomic E-state index is 0.0712. The molecule has 2 amide bonds. The number of halogens is 2. The third kappa shape index (κ3) is 4.11. The molecule has 1 aliphatic rings. The highest BCUT2D eigenvalue weighted by atomic mass is 35.5. The normalized spacial score (nSPS) is 14.4. The van der Waals surface area contributed by atoms with Crippen molar-refractivity contribution in [3.8, 4) is 0 Å². The molecule has 0 saturated heterocycles. The van der Waals surface area contributed by atoms with Crippen LogP contribution in [-0.2, 0) is 9.59 Å². The Kier molecular flexibility index (Phi) is 5.48. The molecule has 0 atom stereocenters. The Labute approximate surface area is 134 Å². The summed E-state index contributed by atoms with van der Waals surface area (Å²) in [6.07, 6.45) is 3.04. The molecule has 0 aliphatic heterocycles. The molecule has 1 aromatic rings. The average Bonchev–Trinajstić information content (AvgIpc) is 2.35. The molecule has 1 fully saturated rings. The first-order chi connectivity index (χ1) is 9.99. The molecule has 0 aromatic heterocycles. The Hall–Kier alpha value is -1.26. The molecule has 0 heterocycles. The van der Waals surface area contributed by atoms with Crippen molar-refractivity contribution in [3.05, 3.63) is 28.2 Å². The minimum Gasteiger partial charge on any atom is -0.354 e. The third-order valence-electron chi connectivity index (χ3n) is 3.69. The summed E-state index contributed by atoms with van der Waals surface area (Å²) in [5, 5.41) is 3.84. The first-order valence-corrected chi connectivity index (χ1v) is 7.75. The summed E-state index contributed by atoms with van der Waals surface area (Å²) in [6.45, 7) is 2.23. The second-order valence-corrected chi connectivity index (χ2v) is 6.03. The molecule has 0 unspecified atom stereocenters. The van der Waals surface area contributed by atoms with Crippen LogP contribution in [0.5, 0.6) is 0 Å². The van der Waals surface area contributed by atoms with Crippen LogP contribution in [0.1, 0.15) is 26.2 Å². The van der Waals surface area contributed by atoms with Crippen molar-refractivity contribution < 1.29 is 9.59 Å². The van der Waals surface area contributed by atoms with Gasteiger partial charge in [0.15, 0.2) is 0 Å². The number of amides is 2. The molecule has 0 radical (unpaired) electrons. The molecule has 4 nitrogen and oxygen atoms in total. The lowest BCUT2D eigenvalue weighted by Crippen LogP contribution is -2.41. The number of carbonyl (C=O) groups excluding carboxylic acids is 2. The zero-order valence-electron chi connectivity index (χ0n) is 11.9. The van der Waals surface area contributed by atoms with Gasteiger partial charge in [-0.15, -0.1) is 0 Å². The van der Waals surface area contributed by atoms with Crippen molar-refractivity contribution in [2.24, 2.45) is 5.92 Å². The minimum atomic E-state index is -0.142. The zero-order chi connectivity index (χ0) is 15.4. The fourth-order valence-electron chi connectivity index (χ4n) is 2.25. The predicted octanol–water partition coefficient (Wildman–Crippen LogP) is 3.26. The molecule has 21 heavy (non-hydrogen) atoms. The highest BCUT2D eigenvalue weighted by molar-refractivity contribution is 6.35. The van der Waals surface area contributed by atoms with Crippen LogP contribution < -0.4 is 10.2 Å². The Morgan fingerprint density at radius 2 is 2.05 bits per heavy atom. The van der Waals surface area contributed by atoms with E-state index in [1.165, 1.54) is 11.8 Å². The fraction of sp³-hybridized carbons (Fsp3) is 0.467. The molecule has 0 bridgehead atoms. The molecule has 6 heteroatoms. The second-order valence-electron chi connectivity index (χ2n) is 5.19. The van der Waals surface area contributed by atoms with Gasteiger partial charge in [-0.2, -0.15) is 0 Å². The second kappa shape index (κ2) is 7.14. The van der Waals surface area contributed by atoms with Gasteiger partial charge in [-0.25, -0.2) is 0 Å². The molecule has 1 saturated carbocycles. The summed E-state index contributed by atoms with van der Waals surface area (Å²) in [5.41, 5.74) is 0.564.